The van der Waals surface area contributed by atoms with Crippen LogP contribution in [-0.4, -0.2) is 29.2 Å². The molecule has 100 valence electrons. The molecule has 18 heavy (non-hydrogen) atoms. The van der Waals surface area contributed by atoms with Crippen LogP contribution in [0, 0.1) is 6.92 Å². The Kier molecular flexibility index (Phi) is 5.20. The molecule has 4 nitrogen and oxygen atoms in total. The third kappa shape index (κ3) is 4.10. The topological polar surface area (TPSA) is 47.0 Å². The molecule has 1 aliphatic rings. The minimum atomic E-state index is 0.274. The first-order valence-electron chi connectivity index (χ1n) is 6.60. The van der Waals surface area contributed by atoms with E-state index in [0.717, 1.165) is 17.9 Å². The fraction of sp³-hybridized carbons (Fsp3) is 0.692. The molecule has 0 radical (unpaired) electrons. The highest BCUT2D eigenvalue weighted by atomic mass is 35.5. The number of anilines is 1. The van der Waals surface area contributed by atoms with Gasteiger partial charge in [0.15, 0.2) is 0 Å². The lowest BCUT2D eigenvalue weighted by molar-refractivity contribution is 0.0347. The average molecular weight is 270 g/mol. The fourth-order valence-corrected chi connectivity index (χ4v) is 2.36. The standard InChI is InChI=1S/C13H20ClN3O/c1-10-9-16-13(14)17-12(10)15-7-8-18-11-5-3-2-4-6-11/h9,11H,2-8H2,1H3,(H,15,16,17). The Morgan fingerprint density at radius 2 is 2.17 bits per heavy atom. The Morgan fingerprint density at radius 1 is 1.39 bits per heavy atom. The summed E-state index contributed by atoms with van der Waals surface area (Å²) in [5.41, 5.74) is 0.997. The van der Waals surface area contributed by atoms with Gasteiger partial charge in [-0.15, -0.1) is 0 Å². The molecule has 0 spiro atoms. The maximum Gasteiger partial charge on any atom is 0.224 e. The molecule has 1 fully saturated rings. The van der Waals surface area contributed by atoms with Gasteiger partial charge in [-0.3, -0.25) is 0 Å². The lowest BCUT2D eigenvalue weighted by atomic mass is 9.98. The predicted octanol–water partition coefficient (Wildman–Crippen LogP) is 3.20. The van der Waals surface area contributed by atoms with E-state index in [-0.39, 0.29) is 5.28 Å². The monoisotopic (exact) mass is 269 g/mol. The van der Waals surface area contributed by atoms with Crippen LogP contribution in [0.1, 0.15) is 37.7 Å². The lowest BCUT2D eigenvalue weighted by Gasteiger charge is -2.22. The van der Waals surface area contributed by atoms with Gasteiger partial charge in [0, 0.05) is 18.3 Å². The second-order valence-corrected chi connectivity index (χ2v) is 5.07. The summed E-state index contributed by atoms with van der Waals surface area (Å²) in [4.78, 5) is 8.07. The molecule has 0 aliphatic heterocycles. The quantitative estimate of drug-likeness (QED) is 0.659. The second kappa shape index (κ2) is 6.90. The van der Waals surface area contributed by atoms with E-state index in [4.69, 9.17) is 16.3 Å². The molecule has 0 bridgehead atoms. The average Bonchev–Trinajstić information content (AvgIpc) is 2.40. The number of halogens is 1. The molecule has 1 N–H and O–H groups in total. The van der Waals surface area contributed by atoms with E-state index in [9.17, 15) is 0 Å². The van der Waals surface area contributed by atoms with E-state index in [0.29, 0.717) is 12.7 Å². The van der Waals surface area contributed by atoms with Gasteiger partial charge >= 0.3 is 0 Å². The van der Waals surface area contributed by atoms with E-state index in [1.807, 2.05) is 6.92 Å². The molecule has 0 unspecified atom stereocenters. The summed E-state index contributed by atoms with van der Waals surface area (Å²) < 4.78 is 5.84. The van der Waals surface area contributed by atoms with Gasteiger partial charge in [0.05, 0.1) is 12.7 Å². The smallest absolute Gasteiger partial charge is 0.224 e. The van der Waals surface area contributed by atoms with Gasteiger partial charge in [0.1, 0.15) is 5.82 Å². The minimum absolute atomic E-state index is 0.274. The third-order valence-corrected chi connectivity index (χ3v) is 3.42. The summed E-state index contributed by atoms with van der Waals surface area (Å²) >= 11 is 5.76. The molecule has 1 aromatic heterocycles. The Bertz CT molecular complexity index is 380. The Morgan fingerprint density at radius 3 is 2.94 bits per heavy atom. The van der Waals surface area contributed by atoms with Crippen molar-refractivity contribution < 1.29 is 4.74 Å². The van der Waals surface area contributed by atoms with Gasteiger partial charge in [-0.2, -0.15) is 0 Å². The summed E-state index contributed by atoms with van der Waals surface area (Å²) in [5.74, 6) is 0.794. The van der Waals surface area contributed by atoms with Crippen molar-refractivity contribution in [2.45, 2.75) is 45.1 Å². The zero-order chi connectivity index (χ0) is 12.8. The van der Waals surface area contributed by atoms with E-state index in [1.54, 1.807) is 6.20 Å². The van der Waals surface area contributed by atoms with Crippen molar-refractivity contribution in [2.75, 3.05) is 18.5 Å². The SMILES string of the molecule is Cc1cnc(Cl)nc1NCCOC1CCCCC1. The summed E-state index contributed by atoms with van der Waals surface area (Å²) in [6.45, 7) is 3.43. The second-order valence-electron chi connectivity index (χ2n) is 4.73. The van der Waals surface area contributed by atoms with Crippen LogP contribution >= 0.6 is 11.6 Å². The van der Waals surface area contributed by atoms with E-state index < -0.39 is 0 Å². The molecule has 0 aromatic carbocycles. The Hall–Kier alpha value is -0.870. The van der Waals surface area contributed by atoms with Crippen LogP contribution in [0.2, 0.25) is 5.28 Å². The highest BCUT2D eigenvalue weighted by Crippen LogP contribution is 2.20. The van der Waals surface area contributed by atoms with Crippen LogP contribution in [0.5, 0.6) is 0 Å². The van der Waals surface area contributed by atoms with Gasteiger partial charge in [-0.1, -0.05) is 19.3 Å². The number of hydrogen-bond donors (Lipinski definition) is 1. The zero-order valence-electron chi connectivity index (χ0n) is 10.8. The van der Waals surface area contributed by atoms with Crippen LogP contribution in [0.15, 0.2) is 6.20 Å². The van der Waals surface area contributed by atoms with E-state index in [1.165, 1.54) is 32.1 Å². The molecular formula is C13H20ClN3O. The van der Waals surface area contributed by atoms with Gasteiger partial charge in [-0.05, 0) is 31.4 Å². The summed E-state index contributed by atoms with van der Waals surface area (Å²) in [5, 5.41) is 3.51. The lowest BCUT2D eigenvalue weighted by Crippen LogP contribution is -2.21. The van der Waals surface area contributed by atoms with Crippen LogP contribution in [0.3, 0.4) is 0 Å². The van der Waals surface area contributed by atoms with E-state index >= 15 is 0 Å². The molecule has 5 heteroatoms. The molecule has 1 saturated carbocycles. The summed E-state index contributed by atoms with van der Waals surface area (Å²) in [6.07, 6.45) is 8.56. The van der Waals surface area contributed by atoms with Gasteiger partial charge in [-0.25, -0.2) is 9.97 Å². The van der Waals surface area contributed by atoms with E-state index in [2.05, 4.69) is 15.3 Å². The maximum absolute atomic E-state index is 5.84. The molecule has 1 aromatic rings. The number of aromatic nitrogens is 2. The van der Waals surface area contributed by atoms with Crippen molar-refractivity contribution >= 4 is 17.4 Å². The van der Waals surface area contributed by atoms with Crippen molar-refractivity contribution in [3.63, 3.8) is 0 Å². The normalized spacial score (nSPS) is 16.8. The number of rotatable bonds is 5. The van der Waals surface area contributed by atoms with Crippen LogP contribution in [0.4, 0.5) is 5.82 Å². The summed E-state index contributed by atoms with van der Waals surface area (Å²) in [6, 6.07) is 0. The largest absolute Gasteiger partial charge is 0.376 e. The van der Waals surface area contributed by atoms with Gasteiger partial charge < -0.3 is 10.1 Å². The van der Waals surface area contributed by atoms with Crippen molar-refractivity contribution in [1.29, 1.82) is 0 Å². The first-order chi connectivity index (χ1) is 8.75. The number of ether oxygens (including phenoxy) is 1. The molecule has 0 atom stereocenters. The minimum Gasteiger partial charge on any atom is -0.376 e. The number of nitrogens with zero attached hydrogens (tertiary/aromatic N) is 2. The van der Waals surface area contributed by atoms with Crippen LogP contribution in [-0.2, 0) is 4.74 Å². The number of hydrogen-bond acceptors (Lipinski definition) is 4. The molecule has 1 heterocycles. The predicted molar refractivity (Wildman–Crippen MR) is 73.1 cm³/mol. The first-order valence-corrected chi connectivity index (χ1v) is 6.98. The van der Waals surface area contributed by atoms with Crippen LogP contribution in [0.25, 0.3) is 0 Å². The van der Waals surface area contributed by atoms with Crippen molar-refractivity contribution in [2.24, 2.45) is 0 Å². The fourth-order valence-electron chi connectivity index (χ4n) is 2.23. The third-order valence-electron chi connectivity index (χ3n) is 3.24. The number of aryl methyl sites for hydroxylation is 1. The highest BCUT2D eigenvalue weighted by Gasteiger charge is 2.13. The molecule has 0 amide bonds. The Balaban J connectivity index is 1.69. The molecular weight excluding hydrogens is 250 g/mol. The summed E-state index contributed by atoms with van der Waals surface area (Å²) in [7, 11) is 0. The Labute approximate surface area is 113 Å². The van der Waals surface area contributed by atoms with Crippen molar-refractivity contribution in [3.05, 3.63) is 17.0 Å². The first kappa shape index (κ1) is 13.6. The molecule has 2 rings (SSSR count). The highest BCUT2D eigenvalue weighted by molar-refractivity contribution is 6.28. The molecule has 1 aliphatic carbocycles. The molecule has 0 saturated heterocycles. The maximum atomic E-state index is 5.84. The van der Waals surface area contributed by atoms with Gasteiger partial charge in [0.2, 0.25) is 5.28 Å². The van der Waals surface area contributed by atoms with Crippen molar-refractivity contribution in [3.8, 4) is 0 Å². The zero-order valence-corrected chi connectivity index (χ0v) is 11.5. The van der Waals surface area contributed by atoms with Crippen LogP contribution < -0.4 is 5.32 Å². The van der Waals surface area contributed by atoms with Gasteiger partial charge in [0.25, 0.3) is 0 Å². The number of nitrogens with one attached hydrogen (secondary N) is 1. The van der Waals surface area contributed by atoms with Crippen molar-refractivity contribution in [1.82, 2.24) is 9.97 Å².